The van der Waals surface area contributed by atoms with E-state index in [1.54, 1.807) is 13.8 Å². The smallest absolute Gasteiger partial charge is 0.347 e. The lowest BCUT2D eigenvalue weighted by atomic mass is 10.1. The first kappa shape index (κ1) is 16.0. The van der Waals surface area contributed by atoms with Crippen molar-refractivity contribution < 1.29 is 14.3 Å². The molecule has 0 bridgehead atoms. The number of ether oxygens (including phenoxy) is 2. The Morgan fingerprint density at radius 3 is 2.55 bits per heavy atom. The molecule has 2 aromatic rings. The zero-order valence-corrected chi connectivity index (χ0v) is 13.3. The highest BCUT2D eigenvalue weighted by Gasteiger charge is 2.24. The largest absolute Gasteiger partial charge is 0.492 e. The van der Waals surface area contributed by atoms with Crippen molar-refractivity contribution >= 4 is 17.0 Å². The van der Waals surface area contributed by atoms with Gasteiger partial charge in [0.1, 0.15) is 11.4 Å². The van der Waals surface area contributed by atoms with Crippen molar-refractivity contribution in [1.29, 1.82) is 0 Å². The van der Waals surface area contributed by atoms with Crippen LogP contribution in [0.4, 0.5) is 0 Å². The molecular formula is C16H20N2O4. The van der Waals surface area contributed by atoms with Gasteiger partial charge in [0.15, 0.2) is 5.56 Å². The van der Waals surface area contributed by atoms with Gasteiger partial charge < -0.3 is 9.47 Å². The number of hydrogen-bond acceptors (Lipinski definition) is 5. The molecule has 2 aromatic heterocycles. The summed E-state index contributed by atoms with van der Waals surface area (Å²) in [5.41, 5.74) is 0.808. The summed E-state index contributed by atoms with van der Waals surface area (Å²) in [6.07, 6.45) is 0. The molecular weight excluding hydrogens is 284 g/mol. The predicted molar refractivity (Wildman–Crippen MR) is 83.5 cm³/mol. The van der Waals surface area contributed by atoms with Gasteiger partial charge in [-0.1, -0.05) is 0 Å². The van der Waals surface area contributed by atoms with Gasteiger partial charge in [-0.3, -0.25) is 9.36 Å². The van der Waals surface area contributed by atoms with Crippen LogP contribution in [0.5, 0.6) is 5.75 Å². The van der Waals surface area contributed by atoms with E-state index in [4.69, 9.17) is 9.47 Å². The lowest BCUT2D eigenvalue weighted by Gasteiger charge is -2.16. The van der Waals surface area contributed by atoms with Gasteiger partial charge in [-0.25, -0.2) is 9.78 Å². The molecule has 0 atom stereocenters. The number of carbonyl (C=O) groups is 1. The van der Waals surface area contributed by atoms with E-state index in [0.29, 0.717) is 24.2 Å². The van der Waals surface area contributed by atoms with Crippen LogP contribution >= 0.6 is 0 Å². The van der Waals surface area contributed by atoms with Crippen molar-refractivity contribution in [2.45, 2.75) is 34.2 Å². The lowest BCUT2D eigenvalue weighted by Crippen LogP contribution is -2.29. The van der Waals surface area contributed by atoms with Crippen LogP contribution in [0.2, 0.25) is 0 Å². The van der Waals surface area contributed by atoms with Crippen LogP contribution in [0.25, 0.3) is 11.0 Å². The number of pyridine rings is 2. The lowest BCUT2D eigenvalue weighted by molar-refractivity contribution is 0.0519. The van der Waals surface area contributed by atoms with Crippen LogP contribution in [-0.2, 0) is 11.3 Å². The van der Waals surface area contributed by atoms with Gasteiger partial charge in [-0.15, -0.1) is 0 Å². The summed E-state index contributed by atoms with van der Waals surface area (Å²) in [5.74, 6) is -0.418. The van der Waals surface area contributed by atoms with Crippen molar-refractivity contribution in [2.75, 3.05) is 13.2 Å². The average Bonchev–Trinajstić information content (AvgIpc) is 2.47. The van der Waals surface area contributed by atoms with E-state index in [2.05, 4.69) is 4.98 Å². The number of aromatic nitrogens is 2. The van der Waals surface area contributed by atoms with Gasteiger partial charge in [0.25, 0.3) is 5.56 Å². The average molecular weight is 304 g/mol. The fourth-order valence-electron chi connectivity index (χ4n) is 2.36. The van der Waals surface area contributed by atoms with E-state index in [-0.39, 0.29) is 17.9 Å². The first-order chi connectivity index (χ1) is 10.5. The zero-order chi connectivity index (χ0) is 16.3. The molecule has 0 fully saturated rings. The fourth-order valence-corrected chi connectivity index (χ4v) is 2.36. The summed E-state index contributed by atoms with van der Waals surface area (Å²) in [6, 6.07) is 3.64. The van der Waals surface area contributed by atoms with Crippen molar-refractivity contribution in [1.82, 2.24) is 9.55 Å². The molecule has 118 valence electrons. The Hall–Kier alpha value is -2.37. The highest BCUT2D eigenvalue weighted by molar-refractivity contribution is 5.99. The fraction of sp³-hybridized carbons (Fsp3) is 0.438. The SMILES string of the molecule is CCOC(=O)c1c(OCC)c2ccc(C)nc2n(CC)c1=O. The number of esters is 1. The topological polar surface area (TPSA) is 70.4 Å². The summed E-state index contributed by atoms with van der Waals surface area (Å²) in [6.45, 7) is 8.12. The van der Waals surface area contributed by atoms with Crippen LogP contribution in [0, 0.1) is 6.92 Å². The maximum absolute atomic E-state index is 12.7. The first-order valence-electron chi connectivity index (χ1n) is 7.39. The summed E-state index contributed by atoms with van der Waals surface area (Å²) < 4.78 is 12.1. The maximum atomic E-state index is 12.7. The second-order valence-electron chi connectivity index (χ2n) is 4.73. The molecule has 0 amide bonds. The van der Waals surface area contributed by atoms with Crippen molar-refractivity contribution in [3.63, 3.8) is 0 Å². The Labute approximate surface area is 128 Å². The minimum atomic E-state index is -0.666. The summed E-state index contributed by atoms with van der Waals surface area (Å²) in [7, 11) is 0. The number of rotatable bonds is 5. The van der Waals surface area contributed by atoms with Crippen molar-refractivity contribution in [2.24, 2.45) is 0 Å². The molecule has 0 spiro atoms. The Morgan fingerprint density at radius 1 is 1.23 bits per heavy atom. The molecule has 22 heavy (non-hydrogen) atoms. The Kier molecular flexibility index (Phi) is 4.80. The molecule has 0 aliphatic rings. The Morgan fingerprint density at radius 2 is 1.95 bits per heavy atom. The molecule has 0 saturated carbocycles. The van der Waals surface area contributed by atoms with E-state index in [0.717, 1.165) is 5.69 Å². The highest BCUT2D eigenvalue weighted by Crippen LogP contribution is 2.27. The predicted octanol–water partition coefficient (Wildman–Crippen LogP) is 2.30. The minimum absolute atomic E-state index is 0.0660. The quantitative estimate of drug-likeness (QED) is 0.793. The maximum Gasteiger partial charge on any atom is 0.347 e. The third kappa shape index (κ3) is 2.68. The zero-order valence-electron chi connectivity index (χ0n) is 13.3. The van der Waals surface area contributed by atoms with Crippen molar-refractivity contribution in [3.05, 3.63) is 33.7 Å². The van der Waals surface area contributed by atoms with Gasteiger partial charge in [0, 0.05) is 12.2 Å². The van der Waals surface area contributed by atoms with Gasteiger partial charge in [0.05, 0.1) is 18.6 Å². The number of carbonyl (C=O) groups excluding carboxylic acids is 1. The summed E-state index contributed by atoms with van der Waals surface area (Å²) >= 11 is 0. The van der Waals surface area contributed by atoms with E-state index < -0.39 is 11.5 Å². The monoisotopic (exact) mass is 304 g/mol. The molecule has 0 aliphatic heterocycles. The number of hydrogen-bond donors (Lipinski definition) is 0. The number of nitrogens with zero attached hydrogens (tertiary/aromatic N) is 2. The van der Waals surface area contributed by atoms with Crippen LogP contribution < -0.4 is 10.3 Å². The van der Waals surface area contributed by atoms with E-state index in [1.807, 2.05) is 26.0 Å². The van der Waals surface area contributed by atoms with Gasteiger partial charge in [0.2, 0.25) is 0 Å². The number of fused-ring (bicyclic) bond motifs is 1. The van der Waals surface area contributed by atoms with Gasteiger partial charge >= 0.3 is 5.97 Å². The van der Waals surface area contributed by atoms with Crippen LogP contribution in [0.3, 0.4) is 0 Å². The number of aryl methyl sites for hydroxylation is 2. The molecule has 0 aliphatic carbocycles. The highest BCUT2D eigenvalue weighted by atomic mass is 16.5. The summed E-state index contributed by atoms with van der Waals surface area (Å²) in [4.78, 5) is 29.3. The molecule has 0 saturated heterocycles. The Bertz CT molecular complexity index is 765. The van der Waals surface area contributed by atoms with E-state index >= 15 is 0 Å². The first-order valence-corrected chi connectivity index (χ1v) is 7.39. The van der Waals surface area contributed by atoms with E-state index in [1.165, 1.54) is 4.57 Å². The molecule has 6 nitrogen and oxygen atoms in total. The van der Waals surface area contributed by atoms with Crippen molar-refractivity contribution in [3.8, 4) is 5.75 Å². The minimum Gasteiger partial charge on any atom is -0.492 e. The Balaban J connectivity index is 2.91. The van der Waals surface area contributed by atoms with Crippen LogP contribution in [0.1, 0.15) is 36.8 Å². The molecule has 2 heterocycles. The normalized spacial score (nSPS) is 10.7. The second-order valence-corrected chi connectivity index (χ2v) is 4.73. The third-order valence-corrected chi connectivity index (χ3v) is 3.29. The standard InChI is InChI=1S/C16H20N2O4/c1-5-18-14-11(9-8-10(4)17-14)13(21-6-2)12(15(18)19)16(20)22-7-3/h8-9H,5-7H2,1-4H3. The molecule has 0 radical (unpaired) electrons. The van der Waals surface area contributed by atoms with Gasteiger partial charge in [-0.2, -0.15) is 0 Å². The third-order valence-electron chi connectivity index (χ3n) is 3.29. The second kappa shape index (κ2) is 6.60. The van der Waals surface area contributed by atoms with Gasteiger partial charge in [-0.05, 0) is 39.8 Å². The summed E-state index contributed by atoms with van der Waals surface area (Å²) in [5, 5.41) is 0.636. The molecule has 0 unspecified atom stereocenters. The molecule has 0 N–H and O–H groups in total. The van der Waals surface area contributed by atoms with E-state index in [9.17, 15) is 9.59 Å². The molecule has 0 aromatic carbocycles. The molecule has 6 heteroatoms. The molecule has 2 rings (SSSR count). The van der Waals surface area contributed by atoms with Crippen LogP contribution in [0.15, 0.2) is 16.9 Å². The van der Waals surface area contributed by atoms with Crippen LogP contribution in [-0.4, -0.2) is 28.7 Å².